The maximum atomic E-state index is 13.2. The van der Waals surface area contributed by atoms with Crippen LogP contribution in [-0.2, 0) is 14.3 Å². The molecule has 184 valence electrons. The van der Waals surface area contributed by atoms with Crippen molar-refractivity contribution in [3.63, 3.8) is 0 Å². The minimum absolute atomic E-state index is 0.00621. The minimum Gasteiger partial charge on any atom is -0.466 e. The molecule has 0 aromatic carbocycles. The van der Waals surface area contributed by atoms with E-state index in [0.717, 1.165) is 32.4 Å². The summed E-state index contributed by atoms with van der Waals surface area (Å²) in [4.78, 5) is 40.4. The van der Waals surface area contributed by atoms with Gasteiger partial charge in [0.15, 0.2) is 11.5 Å². The number of rotatable bonds is 10. The molecule has 2 fully saturated rings. The molecule has 4 atom stereocenters. The number of ether oxygens (including phenoxy) is 2. The molecule has 3 unspecified atom stereocenters. The summed E-state index contributed by atoms with van der Waals surface area (Å²) < 4.78 is 16.1. The van der Waals surface area contributed by atoms with Crippen molar-refractivity contribution in [2.75, 3.05) is 26.2 Å². The van der Waals surface area contributed by atoms with Gasteiger partial charge in [0.25, 0.3) is 0 Å². The molecule has 0 aliphatic carbocycles. The predicted molar refractivity (Wildman–Crippen MR) is 122 cm³/mol. The highest BCUT2D eigenvalue weighted by Crippen LogP contribution is 2.20. The number of nitrogens with zero attached hydrogens (tertiary/aromatic N) is 1. The fourth-order valence-corrected chi connectivity index (χ4v) is 4.17. The van der Waals surface area contributed by atoms with Crippen molar-refractivity contribution in [2.24, 2.45) is 11.8 Å². The van der Waals surface area contributed by atoms with Crippen LogP contribution in [0.25, 0.3) is 0 Å². The second-order valence-electron chi connectivity index (χ2n) is 9.54. The molecule has 2 amide bonds. The molecule has 33 heavy (non-hydrogen) atoms. The molecule has 2 aliphatic rings. The number of hydrogen-bond acceptors (Lipinski definition) is 7. The van der Waals surface area contributed by atoms with Crippen LogP contribution in [0.2, 0.25) is 0 Å². The summed E-state index contributed by atoms with van der Waals surface area (Å²) in [7, 11) is 0. The van der Waals surface area contributed by atoms with Gasteiger partial charge in [0.1, 0.15) is 24.5 Å². The minimum atomic E-state index is -0.827. The summed E-state index contributed by atoms with van der Waals surface area (Å²) in [6.45, 7) is 10.6. The number of ketones is 1. The molecule has 0 bridgehead atoms. The number of Topliss-reactive ketones (excluding diaryl/α,β-unsaturated/α-hetero) is 1. The third-order valence-electron chi connectivity index (χ3n) is 6.76. The van der Waals surface area contributed by atoms with E-state index < -0.39 is 24.1 Å². The summed E-state index contributed by atoms with van der Waals surface area (Å²) in [5.74, 6) is 1.04. The predicted octanol–water partition coefficient (Wildman–Crippen LogP) is 2.67. The van der Waals surface area contributed by atoms with E-state index in [1.165, 1.54) is 6.26 Å². The molecule has 1 aromatic rings. The molecule has 2 saturated heterocycles. The highest BCUT2D eigenvalue weighted by Gasteiger charge is 2.39. The average Bonchev–Trinajstić information content (AvgIpc) is 3.50. The lowest BCUT2D eigenvalue weighted by atomic mass is 9.91. The Bertz CT molecular complexity index is 817. The van der Waals surface area contributed by atoms with Gasteiger partial charge in [-0.2, -0.15) is 0 Å². The Morgan fingerprint density at radius 1 is 1.21 bits per heavy atom. The van der Waals surface area contributed by atoms with Crippen molar-refractivity contribution >= 4 is 17.8 Å². The molecule has 2 aliphatic heterocycles. The Morgan fingerprint density at radius 3 is 2.58 bits per heavy atom. The highest BCUT2D eigenvalue weighted by molar-refractivity contribution is 5.94. The van der Waals surface area contributed by atoms with Crippen LogP contribution in [0.3, 0.4) is 0 Å². The van der Waals surface area contributed by atoms with Gasteiger partial charge in [-0.1, -0.05) is 20.8 Å². The third-order valence-corrected chi connectivity index (χ3v) is 6.76. The number of carbonyl (C=O) groups excluding carboxylic acids is 3. The van der Waals surface area contributed by atoms with Crippen LogP contribution in [0, 0.1) is 18.8 Å². The summed E-state index contributed by atoms with van der Waals surface area (Å²) in [5.41, 5.74) is 0. The Morgan fingerprint density at radius 2 is 1.94 bits per heavy atom. The van der Waals surface area contributed by atoms with Crippen molar-refractivity contribution in [3.8, 4) is 5.75 Å². The van der Waals surface area contributed by atoms with Gasteiger partial charge in [-0.05, 0) is 57.5 Å². The molecule has 0 saturated carbocycles. The zero-order valence-corrected chi connectivity index (χ0v) is 20.1. The molecule has 3 heterocycles. The normalized spacial score (nSPS) is 23.0. The third kappa shape index (κ3) is 7.04. The fraction of sp³-hybridized carbons (Fsp3) is 0.708. The lowest BCUT2D eigenvalue weighted by Gasteiger charge is -2.26. The van der Waals surface area contributed by atoms with Crippen LogP contribution < -0.4 is 15.4 Å². The standard InChI is InChI=1S/C24H37N3O6/c1-15(2)16(3)7-8-18(25-24(30)33-20-9-12-31-17(20)4)23(29)26-22-19(28)14-32-21(22)13-27-10-5-6-11-27/h9,12,15-16,18,21-22H,5-8,10-11,13-14H2,1-4H3,(H,25,30)(H,26,29)/t16?,18-,21?,22?/m0/s1. The summed E-state index contributed by atoms with van der Waals surface area (Å²) in [5, 5.41) is 5.53. The monoisotopic (exact) mass is 463 g/mol. The molecule has 3 rings (SSSR count). The second kappa shape index (κ2) is 11.7. The van der Waals surface area contributed by atoms with Crippen molar-refractivity contribution in [1.82, 2.24) is 15.5 Å². The molecule has 9 nitrogen and oxygen atoms in total. The van der Waals surface area contributed by atoms with E-state index in [1.807, 2.05) is 0 Å². The number of hydrogen-bond donors (Lipinski definition) is 2. The largest absolute Gasteiger partial charge is 0.466 e. The van der Waals surface area contributed by atoms with E-state index in [0.29, 0.717) is 36.3 Å². The average molecular weight is 464 g/mol. The van der Waals surface area contributed by atoms with E-state index in [2.05, 4.69) is 36.3 Å². The van der Waals surface area contributed by atoms with Gasteiger partial charge in [-0.25, -0.2) is 4.79 Å². The number of furan rings is 1. The van der Waals surface area contributed by atoms with Gasteiger partial charge in [-0.3, -0.25) is 9.59 Å². The van der Waals surface area contributed by atoms with Gasteiger partial charge in [0.05, 0.1) is 12.4 Å². The molecule has 1 aromatic heterocycles. The number of likely N-dealkylation sites (tertiary alicyclic amines) is 1. The highest BCUT2D eigenvalue weighted by atomic mass is 16.6. The first-order valence-electron chi connectivity index (χ1n) is 11.9. The first-order chi connectivity index (χ1) is 15.7. The Labute approximate surface area is 195 Å². The zero-order valence-electron chi connectivity index (χ0n) is 20.1. The SMILES string of the molecule is Cc1occc1OC(=O)N[C@@H](CCC(C)C(C)C)C(=O)NC1C(=O)COC1CN1CCCC1. The molecule has 0 spiro atoms. The summed E-state index contributed by atoms with van der Waals surface area (Å²) in [6.07, 6.45) is 3.76. The molecular formula is C24H37N3O6. The molecular weight excluding hydrogens is 426 g/mol. The van der Waals surface area contributed by atoms with E-state index in [4.69, 9.17) is 13.9 Å². The quantitative estimate of drug-likeness (QED) is 0.549. The van der Waals surface area contributed by atoms with Gasteiger partial charge in [0.2, 0.25) is 5.91 Å². The lowest BCUT2D eigenvalue weighted by Crippen LogP contribution is -2.55. The first kappa shape index (κ1) is 25.2. The van der Waals surface area contributed by atoms with Crippen molar-refractivity contribution in [1.29, 1.82) is 0 Å². The number of nitrogens with one attached hydrogen (secondary N) is 2. The van der Waals surface area contributed by atoms with Crippen LogP contribution in [0.5, 0.6) is 5.75 Å². The van der Waals surface area contributed by atoms with Crippen LogP contribution in [0.4, 0.5) is 4.79 Å². The van der Waals surface area contributed by atoms with Crippen LogP contribution in [0.15, 0.2) is 16.7 Å². The zero-order chi connectivity index (χ0) is 24.0. The number of carbonyl (C=O) groups is 3. The smallest absolute Gasteiger partial charge is 0.413 e. The van der Waals surface area contributed by atoms with Crippen LogP contribution >= 0.6 is 0 Å². The maximum Gasteiger partial charge on any atom is 0.413 e. The number of amides is 2. The summed E-state index contributed by atoms with van der Waals surface area (Å²) in [6, 6.07) is 0.00582. The Hall–Kier alpha value is -2.39. The van der Waals surface area contributed by atoms with Gasteiger partial charge < -0.3 is 29.4 Å². The van der Waals surface area contributed by atoms with E-state index in [9.17, 15) is 14.4 Å². The van der Waals surface area contributed by atoms with Crippen LogP contribution in [-0.4, -0.2) is 67.1 Å². The van der Waals surface area contributed by atoms with Crippen molar-refractivity contribution < 1.29 is 28.3 Å². The van der Waals surface area contributed by atoms with E-state index >= 15 is 0 Å². The topological polar surface area (TPSA) is 110 Å². The Balaban J connectivity index is 1.64. The van der Waals surface area contributed by atoms with Gasteiger partial charge in [-0.15, -0.1) is 0 Å². The lowest BCUT2D eigenvalue weighted by molar-refractivity contribution is -0.127. The molecule has 0 radical (unpaired) electrons. The van der Waals surface area contributed by atoms with Gasteiger partial charge in [0, 0.05) is 12.6 Å². The Kier molecular flexibility index (Phi) is 8.91. The first-order valence-corrected chi connectivity index (χ1v) is 11.9. The van der Waals surface area contributed by atoms with E-state index in [1.54, 1.807) is 13.0 Å². The van der Waals surface area contributed by atoms with E-state index in [-0.39, 0.29) is 18.5 Å². The van der Waals surface area contributed by atoms with Gasteiger partial charge >= 0.3 is 6.09 Å². The molecule has 2 N–H and O–H groups in total. The molecule has 9 heteroatoms. The fourth-order valence-electron chi connectivity index (χ4n) is 4.17. The second-order valence-corrected chi connectivity index (χ2v) is 9.54. The number of aryl methyl sites for hydroxylation is 1. The summed E-state index contributed by atoms with van der Waals surface area (Å²) >= 11 is 0. The van der Waals surface area contributed by atoms with Crippen molar-refractivity contribution in [3.05, 3.63) is 18.1 Å². The van der Waals surface area contributed by atoms with Crippen molar-refractivity contribution in [2.45, 2.75) is 71.6 Å². The van der Waals surface area contributed by atoms with Crippen LogP contribution in [0.1, 0.15) is 52.2 Å². The maximum absolute atomic E-state index is 13.2.